The normalized spacial score (nSPS) is 13.7. The Morgan fingerprint density at radius 3 is 1.90 bits per heavy atom. The lowest BCUT2D eigenvalue weighted by molar-refractivity contribution is -0.191. The van der Waals surface area contributed by atoms with E-state index in [9.17, 15) is 24.3 Å². The minimum Gasteiger partial charge on any atom is -0.477 e. The molecule has 0 saturated heterocycles. The number of carbonyl (C=O) groups excluding carboxylic acids is 3. The lowest BCUT2D eigenvalue weighted by atomic mass is 9.90. The van der Waals surface area contributed by atoms with E-state index >= 15 is 0 Å². The molecule has 40 heavy (non-hydrogen) atoms. The SMILES string of the molecule is CCCCCC(=O)Oc1ccc(C[C@](NC(C)CC)(OC(=O)C(C)(C)CC)C(=O)O)cc1OC(=O)CCCCC. The maximum atomic E-state index is 13.0. The molecule has 9 heteroatoms. The molecule has 9 nitrogen and oxygen atoms in total. The number of hydrogen-bond donors (Lipinski definition) is 2. The van der Waals surface area contributed by atoms with Crippen molar-refractivity contribution in [3.63, 3.8) is 0 Å². The van der Waals surface area contributed by atoms with Gasteiger partial charge in [0.1, 0.15) is 0 Å². The van der Waals surface area contributed by atoms with E-state index in [4.69, 9.17) is 14.2 Å². The number of carboxylic acid groups (broad SMARTS) is 1. The van der Waals surface area contributed by atoms with E-state index < -0.39 is 35.0 Å². The zero-order valence-electron chi connectivity index (χ0n) is 25.4. The Labute approximate surface area is 239 Å². The molecule has 0 aliphatic carbocycles. The number of hydrogen-bond acceptors (Lipinski definition) is 8. The highest BCUT2D eigenvalue weighted by Crippen LogP contribution is 2.33. The van der Waals surface area contributed by atoms with Gasteiger partial charge in [0, 0.05) is 25.3 Å². The first-order valence-electron chi connectivity index (χ1n) is 14.6. The van der Waals surface area contributed by atoms with Crippen LogP contribution in [0.3, 0.4) is 0 Å². The van der Waals surface area contributed by atoms with Gasteiger partial charge >= 0.3 is 23.9 Å². The van der Waals surface area contributed by atoms with Crippen LogP contribution in [0.5, 0.6) is 11.5 Å². The summed E-state index contributed by atoms with van der Waals surface area (Å²) in [7, 11) is 0. The van der Waals surface area contributed by atoms with Crippen LogP contribution >= 0.6 is 0 Å². The molecule has 1 unspecified atom stereocenters. The highest BCUT2D eigenvalue weighted by atomic mass is 16.6. The summed E-state index contributed by atoms with van der Waals surface area (Å²) >= 11 is 0. The second-order valence-electron chi connectivity index (χ2n) is 11.0. The van der Waals surface area contributed by atoms with Crippen LogP contribution in [0.4, 0.5) is 0 Å². The van der Waals surface area contributed by atoms with Crippen LogP contribution in [-0.2, 0) is 30.3 Å². The first-order valence-corrected chi connectivity index (χ1v) is 14.6. The molecule has 0 aliphatic rings. The Balaban J connectivity index is 3.44. The molecule has 0 heterocycles. The van der Waals surface area contributed by atoms with Crippen molar-refractivity contribution >= 4 is 23.9 Å². The van der Waals surface area contributed by atoms with E-state index in [2.05, 4.69) is 5.32 Å². The van der Waals surface area contributed by atoms with Gasteiger partial charge in [-0.2, -0.15) is 0 Å². The maximum Gasteiger partial charge on any atom is 0.364 e. The van der Waals surface area contributed by atoms with Gasteiger partial charge in [-0.15, -0.1) is 0 Å². The van der Waals surface area contributed by atoms with Crippen LogP contribution in [0.25, 0.3) is 0 Å². The monoisotopic (exact) mass is 563 g/mol. The number of aliphatic carboxylic acids is 1. The quantitative estimate of drug-likeness (QED) is 0.0856. The molecule has 0 aromatic heterocycles. The van der Waals surface area contributed by atoms with Gasteiger partial charge in [-0.25, -0.2) is 4.79 Å². The Bertz CT molecular complexity index is 990. The smallest absolute Gasteiger partial charge is 0.364 e. The number of carboxylic acids is 1. The average molecular weight is 564 g/mol. The van der Waals surface area contributed by atoms with E-state index in [1.807, 2.05) is 27.7 Å². The molecule has 2 N–H and O–H groups in total. The third kappa shape index (κ3) is 11.3. The molecule has 0 fully saturated rings. The molecule has 1 rings (SSSR count). The Morgan fingerprint density at radius 2 is 1.43 bits per heavy atom. The summed E-state index contributed by atoms with van der Waals surface area (Å²) in [4.78, 5) is 50.7. The van der Waals surface area contributed by atoms with Crippen LogP contribution in [0.1, 0.15) is 118 Å². The summed E-state index contributed by atoms with van der Waals surface area (Å²) in [6.07, 6.45) is 6.23. The molecule has 1 aromatic rings. The third-order valence-electron chi connectivity index (χ3n) is 7.02. The zero-order valence-corrected chi connectivity index (χ0v) is 25.4. The molecule has 0 amide bonds. The molecule has 226 valence electrons. The van der Waals surface area contributed by atoms with Gasteiger partial charge in [0.15, 0.2) is 11.5 Å². The fraction of sp³-hybridized carbons (Fsp3) is 0.677. The van der Waals surface area contributed by atoms with Crippen molar-refractivity contribution < 1.29 is 38.5 Å². The minimum absolute atomic E-state index is 0.0193. The predicted octanol–water partition coefficient (Wildman–Crippen LogP) is 6.35. The van der Waals surface area contributed by atoms with Gasteiger partial charge in [-0.1, -0.05) is 59.4 Å². The summed E-state index contributed by atoms with van der Waals surface area (Å²) in [5.41, 5.74) is -2.55. The minimum atomic E-state index is -2.07. The summed E-state index contributed by atoms with van der Waals surface area (Å²) in [5.74, 6) is -2.82. The number of rotatable bonds is 19. The number of nitrogens with one attached hydrogen (secondary N) is 1. The van der Waals surface area contributed by atoms with Crippen LogP contribution in [0, 0.1) is 5.41 Å². The number of ether oxygens (including phenoxy) is 3. The van der Waals surface area contributed by atoms with Gasteiger partial charge in [-0.05, 0) is 64.2 Å². The van der Waals surface area contributed by atoms with E-state index in [-0.39, 0.29) is 36.8 Å². The van der Waals surface area contributed by atoms with Crippen molar-refractivity contribution in [1.29, 1.82) is 0 Å². The van der Waals surface area contributed by atoms with Crippen molar-refractivity contribution in [2.45, 2.75) is 131 Å². The van der Waals surface area contributed by atoms with E-state index in [1.165, 1.54) is 12.1 Å². The molecular formula is C31H49NO8. The van der Waals surface area contributed by atoms with Crippen molar-refractivity contribution in [1.82, 2.24) is 5.32 Å². The molecule has 1 aromatic carbocycles. The van der Waals surface area contributed by atoms with Gasteiger partial charge in [0.2, 0.25) is 0 Å². The fourth-order valence-electron chi connectivity index (χ4n) is 3.74. The van der Waals surface area contributed by atoms with Crippen LogP contribution < -0.4 is 14.8 Å². The van der Waals surface area contributed by atoms with Gasteiger partial charge in [0.25, 0.3) is 5.72 Å². The number of benzene rings is 1. The second kappa shape index (κ2) is 17.0. The summed E-state index contributed by atoms with van der Waals surface area (Å²) in [5, 5.41) is 13.3. The van der Waals surface area contributed by atoms with Gasteiger partial charge in [0.05, 0.1) is 5.41 Å². The van der Waals surface area contributed by atoms with E-state index in [0.29, 0.717) is 31.2 Å². The molecule has 0 spiro atoms. The number of esters is 3. The van der Waals surface area contributed by atoms with Crippen LogP contribution in [0.15, 0.2) is 18.2 Å². The van der Waals surface area contributed by atoms with Crippen molar-refractivity contribution in [3.05, 3.63) is 23.8 Å². The number of carbonyl (C=O) groups is 4. The molecule has 0 aliphatic heterocycles. The Hall–Kier alpha value is -2.94. The van der Waals surface area contributed by atoms with Crippen molar-refractivity contribution in [2.75, 3.05) is 0 Å². The van der Waals surface area contributed by atoms with Crippen molar-refractivity contribution in [3.8, 4) is 11.5 Å². The number of unbranched alkanes of at least 4 members (excludes halogenated alkanes) is 4. The standard InChI is InChI=1S/C31H49NO8/c1-8-12-14-16-26(33)38-24-19-18-23(20-25(24)39-27(34)17-15-13-9-2)21-31(28(35)36,32-22(5)10-3)40-29(37)30(6,7)11-4/h18-20,22,32H,8-17,21H2,1-7H3,(H,35,36)/t22?,31-/m0/s1. The Morgan fingerprint density at radius 1 is 0.875 bits per heavy atom. The predicted molar refractivity (Wildman–Crippen MR) is 153 cm³/mol. The second-order valence-corrected chi connectivity index (χ2v) is 11.0. The van der Waals surface area contributed by atoms with Gasteiger partial charge < -0.3 is 19.3 Å². The van der Waals surface area contributed by atoms with E-state index in [0.717, 1.165) is 25.7 Å². The highest BCUT2D eigenvalue weighted by Gasteiger charge is 2.46. The topological polar surface area (TPSA) is 128 Å². The summed E-state index contributed by atoms with van der Waals surface area (Å²) < 4.78 is 16.8. The molecule has 2 atom stereocenters. The van der Waals surface area contributed by atoms with Gasteiger partial charge in [-0.3, -0.25) is 19.7 Å². The largest absolute Gasteiger partial charge is 0.477 e. The molecule has 0 bridgehead atoms. The summed E-state index contributed by atoms with van der Waals surface area (Å²) in [6, 6.07) is 4.25. The average Bonchev–Trinajstić information content (AvgIpc) is 2.90. The molecule has 0 saturated carbocycles. The zero-order chi connectivity index (χ0) is 30.3. The molecule has 0 radical (unpaired) electrons. The van der Waals surface area contributed by atoms with E-state index in [1.54, 1.807) is 26.8 Å². The van der Waals surface area contributed by atoms with Crippen LogP contribution in [0.2, 0.25) is 0 Å². The lowest BCUT2D eigenvalue weighted by Crippen LogP contribution is -2.60. The first kappa shape index (κ1) is 35.1. The molecular weight excluding hydrogens is 514 g/mol. The Kier molecular flexibility index (Phi) is 14.9. The fourth-order valence-corrected chi connectivity index (χ4v) is 3.74. The lowest BCUT2D eigenvalue weighted by Gasteiger charge is -2.35. The van der Waals surface area contributed by atoms with Crippen molar-refractivity contribution in [2.24, 2.45) is 5.41 Å². The first-order chi connectivity index (χ1) is 18.8. The van der Waals surface area contributed by atoms with Crippen LogP contribution in [-0.4, -0.2) is 40.8 Å². The highest BCUT2D eigenvalue weighted by molar-refractivity contribution is 5.84. The summed E-state index contributed by atoms with van der Waals surface area (Å²) in [6.45, 7) is 13.0. The third-order valence-corrected chi connectivity index (χ3v) is 7.02. The maximum absolute atomic E-state index is 13.0.